The Bertz CT molecular complexity index is 414. The predicted octanol–water partition coefficient (Wildman–Crippen LogP) is 3.56. The minimum Gasteiger partial charge on any atom is -0.597 e. The number of rotatable bonds is 4. The van der Waals surface area contributed by atoms with Gasteiger partial charge >= 0.3 is 0 Å². The lowest BCUT2D eigenvalue weighted by atomic mass is 9.98. The number of aromatic nitrogens is 1. The first-order valence-electron chi connectivity index (χ1n) is 6.30. The number of hydrogen-bond donors (Lipinski definition) is 0. The third-order valence-corrected chi connectivity index (χ3v) is 5.54. The van der Waals surface area contributed by atoms with E-state index in [1.54, 1.807) is 6.20 Å². The second kappa shape index (κ2) is 6.12. The van der Waals surface area contributed by atoms with Crippen molar-refractivity contribution in [3.8, 4) is 0 Å². The lowest BCUT2D eigenvalue weighted by molar-refractivity contribution is 0.255. The quantitative estimate of drug-likeness (QED) is 0.782. The molecule has 0 aliphatic carbocycles. The van der Waals surface area contributed by atoms with Crippen LogP contribution in [0.2, 0.25) is 0 Å². The second-order valence-electron chi connectivity index (χ2n) is 6.32. The molecule has 3 nitrogen and oxygen atoms in total. The molecule has 108 valence electrons. The molecule has 0 aromatic carbocycles. The Morgan fingerprint density at radius 3 is 2.26 bits per heavy atom. The highest BCUT2D eigenvalue weighted by Crippen LogP contribution is 2.28. The predicted molar refractivity (Wildman–Crippen MR) is 85.4 cm³/mol. The summed E-state index contributed by atoms with van der Waals surface area (Å²) in [7, 11) is 1.92. The number of pyridine rings is 1. The van der Waals surface area contributed by atoms with Crippen molar-refractivity contribution in [2.75, 3.05) is 7.05 Å². The van der Waals surface area contributed by atoms with Crippen LogP contribution in [0.3, 0.4) is 0 Å². The minimum atomic E-state index is -1.03. The van der Waals surface area contributed by atoms with Crippen LogP contribution in [-0.2, 0) is 17.8 Å². The van der Waals surface area contributed by atoms with Gasteiger partial charge in [0, 0.05) is 41.2 Å². The Kier molecular flexibility index (Phi) is 5.46. The zero-order valence-corrected chi connectivity index (χ0v) is 14.9. The van der Waals surface area contributed by atoms with Crippen LogP contribution in [0.25, 0.3) is 0 Å². The molecule has 1 aromatic heterocycles. The molecule has 1 rings (SSSR count). The van der Waals surface area contributed by atoms with Gasteiger partial charge in [0.15, 0.2) is 0 Å². The van der Waals surface area contributed by atoms with Crippen molar-refractivity contribution < 1.29 is 4.55 Å². The minimum absolute atomic E-state index is 0.209. The summed E-state index contributed by atoms with van der Waals surface area (Å²) in [4.78, 5) is 4.39. The third-order valence-electron chi connectivity index (χ3n) is 3.03. The topological polar surface area (TPSA) is 39.2 Å². The molecule has 0 saturated carbocycles. The first-order chi connectivity index (χ1) is 8.54. The van der Waals surface area contributed by atoms with Crippen LogP contribution < -0.4 is 0 Å². The van der Waals surface area contributed by atoms with Crippen LogP contribution in [-0.4, -0.2) is 31.2 Å². The van der Waals surface area contributed by atoms with Crippen LogP contribution in [0.1, 0.15) is 40.3 Å². The van der Waals surface area contributed by atoms with Gasteiger partial charge < -0.3 is 4.55 Å². The zero-order valence-electron chi connectivity index (χ0n) is 12.5. The Morgan fingerprint density at radius 2 is 1.84 bits per heavy atom. The standard InChI is InChI=1S/C14H23BrN2OS/c1-13(2,3)19(18)17(6)14(4,5)9-12-8-7-11(15)10-16-12/h7-8,10H,9H2,1-6H3/t19-/m1/s1. The average Bonchev–Trinajstić information content (AvgIpc) is 2.28. The van der Waals surface area contributed by atoms with Crippen molar-refractivity contribution in [2.24, 2.45) is 0 Å². The molecule has 19 heavy (non-hydrogen) atoms. The van der Waals surface area contributed by atoms with Crippen molar-refractivity contribution in [1.29, 1.82) is 0 Å². The highest BCUT2D eigenvalue weighted by Gasteiger charge is 2.39. The van der Waals surface area contributed by atoms with Gasteiger partial charge in [0.2, 0.25) is 0 Å². The molecular weight excluding hydrogens is 324 g/mol. The summed E-state index contributed by atoms with van der Waals surface area (Å²) in [6.07, 6.45) is 2.56. The first kappa shape index (κ1) is 17.0. The van der Waals surface area contributed by atoms with Gasteiger partial charge in [-0.3, -0.25) is 4.98 Å². The van der Waals surface area contributed by atoms with E-state index in [0.717, 1.165) is 16.6 Å². The smallest absolute Gasteiger partial charge is 0.137 e. The van der Waals surface area contributed by atoms with Gasteiger partial charge in [-0.25, -0.2) is 0 Å². The van der Waals surface area contributed by atoms with Crippen LogP contribution >= 0.6 is 15.9 Å². The van der Waals surface area contributed by atoms with E-state index in [1.807, 2.05) is 44.3 Å². The lowest BCUT2D eigenvalue weighted by Crippen LogP contribution is -2.52. The number of nitrogens with zero attached hydrogens (tertiary/aromatic N) is 2. The summed E-state index contributed by atoms with van der Waals surface area (Å²) < 4.78 is 15.1. The zero-order chi connectivity index (χ0) is 14.8. The molecule has 0 radical (unpaired) electrons. The highest BCUT2D eigenvalue weighted by atomic mass is 79.9. The van der Waals surface area contributed by atoms with Crippen LogP contribution in [0, 0.1) is 0 Å². The summed E-state index contributed by atoms with van der Waals surface area (Å²) >= 11 is 2.35. The fourth-order valence-electron chi connectivity index (χ4n) is 1.70. The Morgan fingerprint density at radius 1 is 1.26 bits per heavy atom. The van der Waals surface area contributed by atoms with Gasteiger partial charge in [-0.2, -0.15) is 0 Å². The first-order valence-corrected chi connectivity index (χ1v) is 8.20. The summed E-state index contributed by atoms with van der Waals surface area (Å²) in [5.41, 5.74) is 0.796. The van der Waals surface area contributed by atoms with Crippen molar-refractivity contribution >= 4 is 27.3 Å². The Labute approximate surface area is 128 Å². The molecule has 5 heteroatoms. The molecular formula is C14H23BrN2OS. The summed E-state index contributed by atoms with van der Waals surface area (Å²) in [6, 6.07) is 3.98. The summed E-state index contributed by atoms with van der Waals surface area (Å²) in [5, 5.41) is 0. The van der Waals surface area contributed by atoms with E-state index in [9.17, 15) is 4.55 Å². The van der Waals surface area contributed by atoms with E-state index in [2.05, 4.69) is 34.8 Å². The fraction of sp³-hybridized carbons (Fsp3) is 0.643. The Balaban J connectivity index is 2.83. The molecule has 1 aromatic rings. The van der Waals surface area contributed by atoms with Gasteiger partial charge in [0.05, 0.1) is 5.54 Å². The number of likely N-dealkylation sites (N-methyl/N-ethyl adjacent to an activating group) is 1. The van der Waals surface area contributed by atoms with E-state index in [4.69, 9.17) is 0 Å². The molecule has 0 aliphatic heterocycles. The Hall–Kier alpha value is -0.100. The maximum absolute atomic E-state index is 12.5. The van der Waals surface area contributed by atoms with Crippen LogP contribution in [0.5, 0.6) is 0 Å². The van der Waals surface area contributed by atoms with E-state index >= 15 is 0 Å². The molecule has 0 unspecified atom stereocenters. The molecule has 0 aliphatic rings. The van der Waals surface area contributed by atoms with Gasteiger partial charge in [-0.15, -0.1) is 4.31 Å². The van der Waals surface area contributed by atoms with E-state index in [1.165, 1.54) is 0 Å². The number of hydrogen-bond acceptors (Lipinski definition) is 3. The molecule has 1 heterocycles. The molecule has 0 amide bonds. The van der Waals surface area contributed by atoms with Crippen LogP contribution in [0.4, 0.5) is 0 Å². The van der Waals surface area contributed by atoms with Crippen LogP contribution in [0.15, 0.2) is 22.8 Å². The molecule has 0 fully saturated rings. The summed E-state index contributed by atoms with van der Waals surface area (Å²) in [5.74, 6) is 0. The van der Waals surface area contributed by atoms with Gasteiger partial charge in [0.1, 0.15) is 4.75 Å². The molecule has 0 bridgehead atoms. The molecule has 1 atom stereocenters. The fourth-order valence-corrected chi connectivity index (χ4v) is 3.27. The lowest BCUT2D eigenvalue weighted by Gasteiger charge is -2.39. The number of halogens is 1. The third kappa shape index (κ3) is 4.74. The maximum Gasteiger partial charge on any atom is 0.137 e. The average molecular weight is 347 g/mol. The van der Waals surface area contributed by atoms with Crippen molar-refractivity contribution in [3.05, 3.63) is 28.5 Å². The van der Waals surface area contributed by atoms with E-state index in [-0.39, 0.29) is 10.3 Å². The molecule has 0 N–H and O–H groups in total. The largest absolute Gasteiger partial charge is 0.597 e. The van der Waals surface area contributed by atoms with Gasteiger partial charge in [-0.05, 0) is 62.7 Å². The van der Waals surface area contributed by atoms with Crippen molar-refractivity contribution in [1.82, 2.24) is 9.29 Å². The summed E-state index contributed by atoms with van der Waals surface area (Å²) in [6.45, 7) is 10.2. The highest BCUT2D eigenvalue weighted by molar-refractivity contribution is 9.10. The van der Waals surface area contributed by atoms with E-state index in [0.29, 0.717) is 0 Å². The molecule has 0 saturated heterocycles. The van der Waals surface area contributed by atoms with Crippen molar-refractivity contribution in [3.63, 3.8) is 0 Å². The monoisotopic (exact) mass is 346 g/mol. The van der Waals surface area contributed by atoms with Crippen molar-refractivity contribution in [2.45, 2.75) is 51.3 Å². The molecule has 0 spiro atoms. The second-order valence-corrected chi connectivity index (χ2v) is 9.50. The maximum atomic E-state index is 12.5. The SMILES string of the molecule is CN([S@+]([O-])C(C)(C)C)C(C)(C)Cc1ccc(Br)cn1. The van der Waals surface area contributed by atoms with Gasteiger partial charge in [-0.1, -0.05) is 0 Å². The van der Waals surface area contributed by atoms with Gasteiger partial charge in [0.25, 0.3) is 0 Å². The normalized spacial score (nSPS) is 14.8. The van der Waals surface area contributed by atoms with E-state index < -0.39 is 11.4 Å².